The molecular weight excluding hydrogens is 124 g/mol. The molecule has 0 bridgehead atoms. The standard InChI is InChI=1S/C8H16N2/c9-7-5-8(6-7)10-3-1-2-4-10/h7-8H,1-6,9H2/t7-,8-. The van der Waals surface area contributed by atoms with Crippen molar-refractivity contribution in [2.75, 3.05) is 13.1 Å². The van der Waals surface area contributed by atoms with Crippen molar-refractivity contribution in [3.05, 3.63) is 0 Å². The zero-order chi connectivity index (χ0) is 6.97. The molecule has 0 radical (unpaired) electrons. The number of hydrogen-bond donors (Lipinski definition) is 1. The van der Waals surface area contributed by atoms with Crippen LogP contribution in [0.5, 0.6) is 0 Å². The number of likely N-dealkylation sites (tertiary alicyclic amines) is 1. The Morgan fingerprint density at radius 2 is 1.70 bits per heavy atom. The van der Waals surface area contributed by atoms with Crippen LogP contribution < -0.4 is 5.73 Å². The maximum atomic E-state index is 5.71. The highest BCUT2D eigenvalue weighted by Gasteiger charge is 2.31. The van der Waals surface area contributed by atoms with Gasteiger partial charge in [-0.3, -0.25) is 0 Å². The molecule has 2 heteroatoms. The molecule has 1 heterocycles. The number of rotatable bonds is 1. The summed E-state index contributed by atoms with van der Waals surface area (Å²) >= 11 is 0. The highest BCUT2D eigenvalue weighted by molar-refractivity contribution is 4.90. The molecule has 0 aromatic heterocycles. The first kappa shape index (κ1) is 6.62. The van der Waals surface area contributed by atoms with Crippen LogP contribution in [0.3, 0.4) is 0 Å². The summed E-state index contributed by atoms with van der Waals surface area (Å²) < 4.78 is 0. The molecule has 1 aliphatic carbocycles. The number of nitrogens with two attached hydrogens (primary N) is 1. The van der Waals surface area contributed by atoms with Crippen LogP contribution in [0, 0.1) is 0 Å². The minimum atomic E-state index is 0.519. The van der Waals surface area contributed by atoms with Crippen molar-refractivity contribution < 1.29 is 0 Å². The predicted octanol–water partition coefficient (Wildman–Crippen LogP) is 0.572. The Labute approximate surface area is 62.4 Å². The first-order valence-corrected chi connectivity index (χ1v) is 4.36. The molecule has 2 aliphatic rings. The van der Waals surface area contributed by atoms with Gasteiger partial charge in [0.05, 0.1) is 0 Å². The molecule has 2 N–H and O–H groups in total. The summed E-state index contributed by atoms with van der Waals surface area (Å²) in [6, 6.07) is 1.38. The predicted molar refractivity (Wildman–Crippen MR) is 41.8 cm³/mol. The third-order valence-corrected chi connectivity index (χ3v) is 2.81. The normalized spacial score (nSPS) is 41.7. The fourth-order valence-electron chi connectivity index (χ4n) is 2.03. The Kier molecular flexibility index (Phi) is 1.66. The Bertz CT molecular complexity index is 112. The van der Waals surface area contributed by atoms with E-state index in [-0.39, 0.29) is 0 Å². The van der Waals surface area contributed by atoms with E-state index in [1.54, 1.807) is 0 Å². The Morgan fingerprint density at radius 3 is 2.20 bits per heavy atom. The molecule has 1 aliphatic heterocycles. The Hall–Kier alpha value is -0.0800. The average Bonchev–Trinajstić information content (AvgIpc) is 2.31. The van der Waals surface area contributed by atoms with Gasteiger partial charge in [-0.25, -0.2) is 0 Å². The summed E-state index contributed by atoms with van der Waals surface area (Å²) in [5.41, 5.74) is 5.71. The lowest BCUT2D eigenvalue weighted by molar-refractivity contribution is 0.138. The fraction of sp³-hybridized carbons (Fsp3) is 1.00. The van der Waals surface area contributed by atoms with E-state index in [1.165, 1.54) is 38.8 Å². The van der Waals surface area contributed by atoms with Crippen molar-refractivity contribution in [2.24, 2.45) is 5.73 Å². The molecule has 0 aromatic carbocycles. The molecule has 0 amide bonds. The lowest BCUT2D eigenvalue weighted by Gasteiger charge is -2.39. The van der Waals surface area contributed by atoms with Crippen molar-refractivity contribution in [3.8, 4) is 0 Å². The first-order chi connectivity index (χ1) is 4.86. The highest BCUT2D eigenvalue weighted by atomic mass is 15.2. The van der Waals surface area contributed by atoms with Crippen molar-refractivity contribution >= 4 is 0 Å². The quantitative estimate of drug-likeness (QED) is 0.577. The summed E-state index contributed by atoms with van der Waals surface area (Å²) in [7, 11) is 0. The SMILES string of the molecule is N[C@H]1C[C@H](N2CCCC2)C1. The van der Waals surface area contributed by atoms with Gasteiger partial charge >= 0.3 is 0 Å². The van der Waals surface area contributed by atoms with Gasteiger partial charge in [0.1, 0.15) is 0 Å². The van der Waals surface area contributed by atoms with Crippen LogP contribution >= 0.6 is 0 Å². The first-order valence-electron chi connectivity index (χ1n) is 4.36. The number of nitrogens with zero attached hydrogens (tertiary/aromatic N) is 1. The summed E-state index contributed by atoms with van der Waals surface area (Å²) in [6.07, 6.45) is 5.32. The minimum absolute atomic E-state index is 0.519. The molecule has 1 saturated heterocycles. The molecule has 0 atom stereocenters. The zero-order valence-electron chi connectivity index (χ0n) is 6.42. The maximum Gasteiger partial charge on any atom is 0.0125 e. The monoisotopic (exact) mass is 140 g/mol. The van der Waals surface area contributed by atoms with Crippen LogP contribution in [0.4, 0.5) is 0 Å². The highest BCUT2D eigenvalue weighted by Crippen LogP contribution is 2.26. The van der Waals surface area contributed by atoms with Gasteiger partial charge in [0.15, 0.2) is 0 Å². The smallest absolute Gasteiger partial charge is 0.0125 e. The van der Waals surface area contributed by atoms with Crippen LogP contribution in [0.25, 0.3) is 0 Å². The zero-order valence-corrected chi connectivity index (χ0v) is 6.42. The molecule has 2 nitrogen and oxygen atoms in total. The maximum absolute atomic E-state index is 5.71. The number of hydrogen-bond acceptors (Lipinski definition) is 2. The van der Waals surface area contributed by atoms with Gasteiger partial charge in [-0.1, -0.05) is 0 Å². The summed E-state index contributed by atoms with van der Waals surface area (Å²) in [4.78, 5) is 2.60. The van der Waals surface area contributed by atoms with Gasteiger partial charge < -0.3 is 10.6 Å². The van der Waals surface area contributed by atoms with Crippen molar-refractivity contribution in [2.45, 2.75) is 37.8 Å². The fourth-order valence-corrected chi connectivity index (χ4v) is 2.03. The van der Waals surface area contributed by atoms with E-state index in [4.69, 9.17) is 5.73 Å². The van der Waals surface area contributed by atoms with Crippen molar-refractivity contribution in [3.63, 3.8) is 0 Å². The minimum Gasteiger partial charge on any atom is -0.328 e. The van der Waals surface area contributed by atoms with Gasteiger partial charge in [0, 0.05) is 12.1 Å². The van der Waals surface area contributed by atoms with Gasteiger partial charge in [0.2, 0.25) is 0 Å². The molecular formula is C8H16N2. The second-order valence-corrected chi connectivity index (χ2v) is 3.63. The molecule has 0 spiro atoms. The second-order valence-electron chi connectivity index (χ2n) is 3.63. The van der Waals surface area contributed by atoms with Gasteiger partial charge in [-0.15, -0.1) is 0 Å². The topological polar surface area (TPSA) is 29.3 Å². The largest absolute Gasteiger partial charge is 0.328 e. The van der Waals surface area contributed by atoms with E-state index in [0.717, 1.165) is 6.04 Å². The third kappa shape index (κ3) is 1.06. The summed E-state index contributed by atoms with van der Waals surface area (Å²) in [5.74, 6) is 0. The van der Waals surface area contributed by atoms with Crippen LogP contribution in [-0.2, 0) is 0 Å². The van der Waals surface area contributed by atoms with Crippen LogP contribution in [-0.4, -0.2) is 30.1 Å². The second kappa shape index (κ2) is 2.51. The molecule has 2 fully saturated rings. The van der Waals surface area contributed by atoms with E-state index in [9.17, 15) is 0 Å². The molecule has 0 aromatic rings. The van der Waals surface area contributed by atoms with Crippen LogP contribution in [0.1, 0.15) is 25.7 Å². The van der Waals surface area contributed by atoms with Crippen molar-refractivity contribution in [1.29, 1.82) is 0 Å². The summed E-state index contributed by atoms with van der Waals surface area (Å²) in [5, 5.41) is 0. The molecule has 0 unspecified atom stereocenters. The average molecular weight is 140 g/mol. The van der Waals surface area contributed by atoms with Crippen LogP contribution in [0.15, 0.2) is 0 Å². The molecule has 10 heavy (non-hydrogen) atoms. The lowest BCUT2D eigenvalue weighted by Crippen LogP contribution is -2.49. The van der Waals surface area contributed by atoms with Gasteiger partial charge in [0.25, 0.3) is 0 Å². The Morgan fingerprint density at radius 1 is 1.10 bits per heavy atom. The van der Waals surface area contributed by atoms with E-state index in [1.807, 2.05) is 0 Å². The Balaban J connectivity index is 1.78. The van der Waals surface area contributed by atoms with Crippen LogP contribution in [0.2, 0.25) is 0 Å². The molecule has 1 saturated carbocycles. The third-order valence-electron chi connectivity index (χ3n) is 2.81. The lowest BCUT2D eigenvalue weighted by atomic mass is 9.86. The van der Waals surface area contributed by atoms with E-state index in [2.05, 4.69) is 4.90 Å². The van der Waals surface area contributed by atoms with Gasteiger partial charge in [-0.05, 0) is 38.8 Å². The van der Waals surface area contributed by atoms with E-state index in [0.29, 0.717) is 6.04 Å². The van der Waals surface area contributed by atoms with E-state index < -0.39 is 0 Å². The van der Waals surface area contributed by atoms with Crippen molar-refractivity contribution in [1.82, 2.24) is 4.90 Å². The molecule has 2 rings (SSSR count). The molecule has 58 valence electrons. The summed E-state index contributed by atoms with van der Waals surface area (Å²) in [6.45, 7) is 2.66. The van der Waals surface area contributed by atoms with E-state index >= 15 is 0 Å². The van der Waals surface area contributed by atoms with Gasteiger partial charge in [-0.2, -0.15) is 0 Å².